The van der Waals surface area contributed by atoms with Crippen LogP contribution in [0.25, 0.3) is 0 Å². The molecule has 0 heterocycles. The number of benzene rings is 2. The molecular formula is C22H31IN4O. The number of guanidine groups is 1. The smallest absolute Gasteiger partial charge is 0.251 e. The molecule has 0 aromatic heterocycles. The van der Waals surface area contributed by atoms with Gasteiger partial charge in [-0.1, -0.05) is 56.3 Å². The van der Waals surface area contributed by atoms with Crippen molar-refractivity contribution >= 4 is 35.8 Å². The maximum absolute atomic E-state index is 11.7. The van der Waals surface area contributed by atoms with Crippen molar-refractivity contribution in [2.24, 2.45) is 4.99 Å². The second-order valence-electron chi connectivity index (χ2n) is 7.13. The van der Waals surface area contributed by atoms with Gasteiger partial charge in [0.15, 0.2) is 5.96 Å². The summed E-state index contributed by atoms with van der Waals surface area (Å²) < 4.78 is 0. The maximum atomic E-state index is 11.7. The van der Waals surface area contributed by atoms with Crippen molar-refractivity contribution in [2.45, 2.75) is 25.7 Å². The van der Waals surface area contributed by atoms with E-state index >= 15 is 0 Å². The summed E-state index contributed by atoms with van der Waals surface area (Å²) in [6.07, 6.45) is 0.813. The third-order valence-electron chi connectivity index (χ3n) is 4.60. The summed E-state index contributed by atoms with van der Waals surface area (Å²) in [4.78, 5) is 16.0. The molecule has 6 heteroatoms. The Bertz CT molecular complexity index is 775. The molecule has 0 unspecified atom stereocenters. The van der Waals surface area contributed by atoms with E-state index in [1.54, 1.807) is 14.1 Å². The van der Waals surface area contributed by atoms with Crippen LogP contribution in [-0.2, 0) is 11.8 Å². The lowest BCUT2D eigenvalue weighted by molar-refractivity contribution is 0.0963. The monoisotopic (exact) mass is 494 g/mol. The Labute approximate surface area is 185 Å². The predicted molar refractivity (Wildman–Crippen MR) is 128 cm³/mol. The minimum Gasteiger partial charge on any atom is -0.356 e. The normalized spacial score (nSPS) is 11.4. The van der Waals surface area contributed by atoms with Gasteiger partial charge in [-0.05, 0) is 29.7 Å². The first-order valence-electron chi connectivity index (χ1n) is 9.27. The van der Waals surface area contributed by atoms with Crippen LogP contribution >= 0.6 is 24.0 Å². The molecule has 0 saturated carbocycles. The topological polar surface area (TPSA) is 65.5 Å². The molecule has 0 aliphatic heterocycles. The van der Waals surface area contributed by atoms with Crippen LogP contribution in [0.2, 0.25) is 0 Å². The summed E-state index contributed by atoms with van der Waals surface area (Å²) in [5.41, 5.74) is 3.09. The molecule has 0 atom stereocenters. The highest BCUT2D eigenvalue weighted by Crippen LogP contribution is 2.21. The third-order valence-corrected chi connectivity index (χ3v) is 4.60. The number of aliphatic imine (C=N–C) groups is 1. The minimum atomic E-state index is -0.0644. The molecule has 0 fully saturated rings. The molecule has 5 nitrogen and oxygen atoms in total. The Balaban J connectivity index is 0.00000392. The van der Waals surface area contributed by atoms with Crippen LogP contribution in [0.3, 0.4) is 0 Å². The van der Waals surface area contributed by atoms with Crippen molar-refractivity contribution in [3.63, 3.8) is 0 Å². The van der Waals surface area contributed by atoms with Crippen LogP contribution in [0.15, 0.2) is 59.6 Å². The van der Waals surface area contributed by atoms with Crippen molar-refractivity contribution in [1.82, 2.24) is 16.0 Å². The highest BCUT2D eigenvalue weighted by molar-refractivity contribution is 14.0. The minimum absolute atomic E-state index is 0. The van der Waals surface area contributed by atoms with Gasteiger partial charge in [0.2, 0.25) is 0 Å². The van der Waals surface area contributed by atoms with Crippen molar-refractivity contribution in [3.8, 4) is 0 Å². The highest BCUT2D eigenvalue weighted by Gasteiger charge is 2.20. The van der Waals surface area contributed by atoms with E-state index in [-0.39, 0.29) is 35.3 Å². The largest absolute Gasteiger partial charge is 0.356 e. The predicted octanol–water partition coefficient (Wildman–Crippen LogP) is 3.35. The average molecular weight is 494 g/mol. The fourth-order valence-corrected chi connectivity index (χ4v) is 2.85. The lowest BCUT2D eigenvalue weighted by Crippen LogP contribution is -2.44. The summed E-state index contributed by atoms with van der Waals surface area (Å²) in [5.74, 6) is 0.715. The SMILES string of the molecule is CN=C(NCCc1cccc(C(=O)NC)c1)NCC(C)(C)c1ccccc1.I. The molecule has 0 saturated heterocycles. The van der Waals surface area contributed by atoms with Gasteiger partial charge in [0, 0.05) is 38.2 Å². The Morgan fingerprint density at radius 1 is 1.04 bits per heavy atom. The van der Waals surface area contributed by atoms with Crippen LogP contribution < -0.4 is 16.0 Å². The number of hydrogen-bond donors (Lipinski definition) is 3. The van der Waals surface area contributed by atoms with E-state index in [1.165, 1.54) is 5.56 Å². The summed E-state index contributed by atoms with van der Waals surface area (Å²) in [5, 5.41) is 9.40. The van der Waals surface area contributed by atoms with E-state index in [0.29, 0.717) is 5.56 Å². The van der Waals surface area contributed by atoms with Gasteiger partial charge in [0.05, 0.1) is 0 Å². The molecule has 0 spiro atoms. The standard InChI is InChI=1S/C22H30N4O.HI/c1-22(2,19-11-6-5-7-12-19)16-26-21(24-4)25-14-13-17-9-8-10-18(15-17)20(27)23-3;/h5-12,15H,13-14,16H2,1-4H3,(H,23,27)(H2,24,25,26);1H. The Hall–Kier alpha value is -2.09. The summed E-state index contributed by atoms with van der Waals surface area (Å²) in [7, 11) is 3.42. The lowest BCUT2D eigenvalue weighted by atomic mass is 9.85. The lowest BCUT2D eigenvalue weighted by Gasteiger charge is -2.26. The second kappa shape index (κ2) is 11.7. The fraction of sp³-hybridized carbons (Fsp3) is 0.364. The van der Waals surface area contributed by atoms with Gasteiger partial charge in [-0.15, -0.1) is 24.0 Å². The number of nitrogens with zero attached hydrogens (tertiary/aromatic N) is 1. The molecule has 2 rings (SSSR count). The summed E-state index contributed by atoms with van der Waals surface area (Å²) in [6, 6.07) is 18.2. The summed E-state index contributed by atoms with van der Waals surface area (Å²) in [6.45, 7) is 5.95. The van der Waals surface area contributed by atoms with E-state index in [0.717, 1.165) is 31.0 Å². The van der Waals surface area contributed by atoms with Crippen molar-refractivity contribution in [3.05, 3.63) is 71.3 Å². The van der Waals surface area contributed by atoms with Gasteiger partial charge in [0.1, 0.15) is 0 Å². The first-order valence-corrected chi connectivity index (χ1v) is 9.27. The number of carbonyl (C=O) groups is 1. The zero-order valence-electron chi connectivity index (χ0n) is 17.1. The quantitative estimate of drug-likeness (QED) is 0.314. The van der Waals surface area contributed by atoms with Crippen LogP contribution in [0.5, 0.6) is 0 Å². The van der Waals surface area contributed by atoms with E-state index in [1.807, 2.05) is 30.3 Å². The van der Waals surface area contributed by atoms with Gasteiger partial charge >= 0.3 is 0 Å². The molecule has 2 aromatic rings. The van der Waals surface area contributed by atoms with E-state index in [4.69, 9.17) is 0 Å². The number of halogens is 1. The Morgan fingerprint density at radius 3 is 2.39 bits per heavy atom. The van der Waals surface area contributed by atoms with Gasteiger partial charge in [-0.3, -0.25) is 9.79 Å². The number of hydrogen-bond acceptors (Lipinski definition) is 2. The Morgan fingerprint density at radius 2 is 1.75 bits per heavy atom. The summed E-state index contributed by atoms with van der Waals surface area (Å²) >= 11 is 0. The van der Waals surface area contributed by atoms with Gasteiger partial charge in [-0.2, -0.15) is 0 Å². The van der Waals surface area contributed by atoms with Gasteiger partial charge in [-0.25, -0.2) is 0 Å². The van der Waals surface area contributed by atoms with Crippen LogP contribution in [0.4, 0.5) is 0 Å². The first kappa shape index (κ1) is 23.9. The number of rotatable bonds is 7. The van der Waals surface area contributed by atoms with E-state index < -0.39 is 0 Å². The number of nitrogens with one attached hydrogen (secondary N) is 3. The molecule has 3 N–H and O–H groups in total. The van der Waals surface area contributed by atoms with E-state index in [2.05, 4.69) is 59.1 Å². The zero-order chi connectivity index (χ0) is 19.7. The molecule has 152 valence electrons. The third kappa shape index (κ3) is 7.14. The maximum Gasteiger partial charge on any atom is 0.251 e. The Kier molecular flexibility index (Phi) is 9.99. The number of amides is 1. The van der Waals surface area contributed by atoms with Crippen molar-refractivity contribution in [1.29, 1.82) is 0 Å². The fourth-order valence-electron chi connectivity index (χ4n) is 2.85. The van der Waals surface area contributed by atoms with Crippen LogP contribution in [0.1, 0.15) is 35.3 Å². The number of carbonyl (C=O) groups excluding carboxylic acids is 1. The zero-order valence-corrected chi connectivity index (χ0v) is 19.4. The molecule has 0 aliphatic carbocycles. The second-order valence-corrected chi connectivity index (χ2v) is 7.13. The first-order chi connectivity index (χ1) is 13.0. The van der Waals surface area contributed by atoms with Gasteiger partial charge in [0.25, 0.3) is 5.91 Å². The van der Waals surface area contributed by atoms with Gasteiger partial charge < -0.3 is 16.0 Å². The molecule has 1 amide bonds. The molecule has 0 bridgehead atoms. The van der Waals surface area contributed by atoms with Crippen LogP contribution in [-0.4, -0.2) is 39.1 Å². The van der Waals surface area contributed by atoms with E-state index in [9.17, 15) is 4.79 Å². The molecule has 28 heavy (non-hydrogen) atoms. The van der Waals surface area contributed by atoms with Crippen molar-refractivity contribution < 1.29 is 4.79 Å². The molecule has 0 aliphatic rings. The highest BCUT2D eigenvalue weighted by atomic mass is 127. The molecule has 0 radical (unpaired) electrons. The molecular weight excluding hydrogens is 463 g/mol. The molecule has 2 aromatic carbocycles. The van der Waals surface area contributed by atoms with Crippen LogP contribution in [0, 0.1) is 0 Å². The van der Waals surface area contributed by atoms with Crippen molar-refractivity contribution in [2.75, 3.05) is 27.2 Å². The average Bonchev–Trinajstić information content (AvgIpc) is 2.70.